The smallest absolute Gasteiger partial charge is 0.00200 e. The summed E-state index contributed by atoms with van der Waals surface area (Å²) in [5.41, 5.74) is 0. The number of rotatable bonds is 5. The largest absolute Gasteiger partial charge is 0.316 e. The van der Waals surface area contributed by atoms with Gasteiger partial charge in [-0.3, -0.25) is 0 Å². The molecular weight excluding hydrogens is 182 g/mol. The van der Waals surface area contributed by atoms with Crippen molar-refractivity contribution in [2.45, 2.75) is 64.2 Å². The van der Waals surface area contributed by atoms with Gasteiger partial charge in [0.25, 0.3) is 0 Å². The van der Waals surface area contributed by atoms with E-state index in [0.29, 0.717) is 0 Å². The van der Waals surface area contributed by atoms with E-state index < -0.39 is 0 Å². The maximum Gasteiger partial charge on any atom is -0.00200 e. The second-order valence-corrected chi connectivity index (χ2v) is 5.65. The molecule has 0 aromatic rings. The highest BCUT2D eigenvalue weighted by atomic mass is 14.9. The van der Waals surface area contributed by atoms with E-state index in [2.05, 4.69) is 5.32 Å². The lowest BCUT2D eigenvalue weighted by molar-refractivity contribution is 0.324. The van der Waals surface area contributed by atoms with Crippen molar-refractivity contribution in [3.63, 3.8) is 0 Å². The van der Waals surface area contributed by atoms with E-state index in [1.165, 1.54) is 77.3 Å². The summed E-state index contributed by atoms with van der Waals surface area (Å²) in [6.07, 6.45) is 15.0. The molecule has 2 aliphatic rings. The van der Waals surface area contributed by atoms with E-state index in [-0.39, 0.29) is 0 Å². The molecule has 0 aromatic carbocycles. The Labute approximate surface area is 95.0 Å². The van der Waals surface area contributed by atoms with Crippen molar-refractivity contribution >= 4 is 0 Å². The zero-order chi connectivity index (χ0) is 10.3. The van der Waals surface area contributed by atoms with Crippen LogP contribution in [0.3, 0.4) is 0 Å². The molecule has 1 heteroatoms. The lowest BCUT2D eigenvalue weighted by Gasteiger charge is -2.21. The van der Waals surface area contributed by atoms with Crippen molar-refractivity contribution in [2.24, 2.45) is 11.8 Å². The molecule has 1 aliphatic carbocycles. The standard InChI is InChI=1S/C14H27N/c1-2-6-13(7-3-1)8-4-5-9-14-10-11-15-12-14/h13-15H,1-12H2. The van der Waals surface area contributed by atoms with Crippen molar-refractivity contribution in [3.8, 4) is 0 Å². The molecule has 0 amide bonds. The summed E-state index contributed by atoms with van der Waals surface area (Å²) < 4.78 is 0. The van der Waals surface area contributed by atoms with Crippen LogP contribution in [0.4, 0.5) is 0 Å². The van der Waals surface area contributed by atoms with Gasteiger partial charge in [0.2, 0.25) is 0 Å². The summed E-state index contributed by atoms with van der Waals surface area (Å²) in [6.45, 7) is 2.57. The molecule has 1 unspecified atom stereocenters. The molecule has 0 radical (unpaired) electrons. The van der Waals surface area contributed by atoms with E-state index in [1.807, 2.05) is 0 Å². The average molecular weight is 209 g/mol. The van der Waals surface area contributed by atoms with Crippen LogP contribution in [0.5, 0.6) is 0 Å². The first kappa shape index (κ1) is 11.4. The lowest BCUT2D eigenvalue weighted by Crippen LogP contribution is -2.09. The first-order valence-corrected chi connectivity index (χ1v) is 7.16. The van der Waals surface area contributed by atoms with Crippen LogP contribution in [0.1, 0.15) is 64.2 Å². The van der Waals surface area contributed by atoms with Gasteiger partial charge < -0.3 is 5.32 Å². The van der Waals surface area contributed by atoms with E-state index in [0.717, 1.165) is 11.8 Å². The van der Waals surface area contributed by atoms with Crippen molar-refractivity contribution in [1.82, 2.24) is 5.32 Å². The highest BCUT2D eigenvalue weighted by Crippen LogP contribution is 2.28. The van der Waals surface area contributed by atoms with Gasteiger partial charge in [-0.05, 0) is 37.8 Å². The second kappa shape index (κ2) is 6.52. The van der Waals surface area contributed by atoms with Gasteiger partial charge in [-0.25, -0.2) is 0 Å². The van der Waals surface area contributed by atoms with Gasteiger partial charge in [0.05, 0.1) is 0 Å². The fourth-order valence-electron chi connectivity index (χ4n) is 3.30. The van der Waals surface area contributed by atoms with E-state index >= 15 is 0 Å². The fraction of sp³-hybridized carbons (Fsp3) is 1.00. The van der Waals surface area contributed by atoms with Crippen LogP contribution in [0.25, 0.3) is 0 Å². The molecule has 1 aliphatic heterocycles. The maximum atomic E-state index is 3.46. The summed E-state index contributed by atoms with van der Waals surface area (Å²) in [7, 11) is 0. The molecule has 0 aromatic heterocycles. The first-order valence-electron chi connectivity index (χ1n) is 7.16. The lowest BCUT2D eigenvalue weighted by atomic mass is 9.85. The summed E-state index contributed by atoms with van der Waals surface area (Å²) >= 11 is 0. The third-order valence-corrected chi connectivity index (χ3v) is 4.36. The van der Waals surface area contributed by atoms with Gasteiger partial charge in [-0.2, -0.15) is 0 Å². The van der Waals surface area contributed by atoms with Gasteiger partial charge in [0, 0.05) is 0 Å². The zero-order valence-electron chi connectivity index (χ0n) is 10.1. The fourth-order valence-corrected chi connectivity index (χ4v) is 3.30. The molecule has 1 heterocycles. The second-order valence-electron chi connectivity index (χ2n) is 5.65. The third-order valence-electron chi connectivity index (χ3n) is 4.36. The number of unbranched alkanes of at least 4 members (excludes halogenated alkanes) is 1. The van der Waals surface area contributed by atoms with E-state index in [4.69, 9.17) is 0 Å². The minimum Gasteiger partial charge on any atom is -0.316 e. The molecule has 1 nitrogen and oxygen atoms in total. The molecule has 15 heavy (non-hydrogen) atoms. The van der Waals surface area contributed by atoms with Crippen molar-refractivity contribution < 1.29 is 0 Å². The van der Waals surface area contributed by atoms with Crippen LogP contribution < -0.4 is 5.32 Å². The molecule has 0 bridgehead atoms. The van der Waals surface area contributed by atoms with Crippen molar-refractivity contribution in [1.29, 1.82) is 0 Å². The normalized spacial score (nSPS) is 28.4. The van der Waals surface area contributed by atoms with Crippen LogP contribution in [-0.4, -0.2) is 13.1 Å². The molecule has 2 fully saturated rings. The summed E-state index contributed by atoms with van der Waals surface area (Å²) in [6, 6.07) is 0. The SMILES string of the molecule is C1CCC(CCCCC2CCNC2)CC1. The van der Waals surface area contributed by atoms with Crippen molar-refractivity contribution in [3.05, 3.63) is 0 Å². The van der Waals surface area contributed by atoms with Crippen LogP contribution in [0.2, 0.25) is 0 Å². The van der Waals surface area contributed by atoms with Crippen molar-refractivity contribution in [2.75, 3.05) is 13.1 Å². The monoisotopic (exact) mass is 209 g/mol. The highest BCUT2D eigenvalue weighted by Gasteiger charge is 2.15. The Morgan fingerprint density at radius 1 is 0.800 bits per heavy atom. The molecule has 1 saturated carbocycles. The van der Waals surface area contributed by atoms with Gasteiger partial charge in [-0.1, -0.05) is 51.4 Å². The first-order chi connectivity index (χ1) is 7.45. The van der Waals surface area contributed by atoms with Gasteiger partial charge in [-0.15, -0.1) is 0 Å². The number of hydrogen-bond acceptors (Lipinski definition) is 1. The van der Waals surface area contributed by atoms with Crippen LogP contribution in [0.15, 0.2) is 0 Å². The molecule has 1 N–H and O–H groups in total. The Morgan fingerprint density at radius 2 is 1.53 bits per heavy atom. The predicted molar refractivity (Wildman–Crippen MR) is 66.0 cm³/mol. The summed E-state index contributed by atoms with van der Waals surface area (Å²) in [5, 5.41) is 3.46. The van der Waals surface area contributed by atoms with Crippen LogP contribution in [-0.2, 0) is 0 Å². The van der Waals surface area contributed by atoms with Gasteiger partial charge >= 0.3 is 0 Å². The predicted octanol–water partition coefficient (Wildman–Crippen LogP) is 3.74. The Bertz CT molecular complexity index is 155. The molecular formula is C14H27N. The van der Waals surface area contributed by atoms with E-state index in [1.54, 1.807) is 0 Å². The maximum absolute atomic E-state index is 3.46. The summed E-state index contributed by atoms with van der Waals surface area (Å²) in [4.78, 5) is 0. The minimum atomic E-state index is 1.01. The molecule has 2 rings (SSSR count). The number of hydrogen-bond donors (Lipinski definition) is 1. The molecule has 88 valence electrons. The molecule has 0 spiro atoms. The van der Waals surface area contributed by atoms with Crippen LogP contribution in [0, 0.1) is 11.8 Å². The number of nitrogens with one attached hydrogen (secondary N) is 1. The Hall–Kier alpha value is -0.0400. The third kappa shape index (κ3) is 4.14. The topological polar surface area (TPSA) is 12.0 Å². The Balaban J connectivity index is 1.47. The highest BCUT2D eigenvalue weighted by molar-refractivity contribution is 4.71. The van der Waals surface area contributed by atoms with E-state index in [9.17, 15) is 0 Å². The summed E-state index contributed by atoms with van der Waals surface area (Å²) in [5.74, 6) is 2.11. The van der Waals surface area contributed by atoms with Crippen LogP contribution >= 0.6 is 0 Å². The average Bonchev–Trinajstić information content (AvgIpc) is 2.79. The minimum absolute atomic E-state index is 1.01. The molecule has 1 atom stereocenters. The molecule has 1 saturated heterocycles. The van der Waals surface area contributed by atoms with Gasteiger partial charge in [0.15, 0.2) is 0 Å². The van der Waals surface area contributed by atoms with Gasteiger partial charge in [0.1, 0.15) is 0 Å². The Morgan fingerprint density at radius 3 is 2.20 bits per heavy atom. The quantitative estimate of drug-likeness (QED) is 0.680. The Kier molecular flexibility index (Phi) is 4.98. The zero-order valence-corrected chi connectivity index (χ0v) is 10.1.